The van der Waals surface area contributed by atoms with Gasteiger partial charge in [0.2, 0.25) is 5.91 Å². The van der Waals surface area contributed by atoms with E-state index in [1.807, 2.05) is 0 Å². The molecule has 1 atom stereocenters. The number of likely N-dealkylation sites (N-methyl/N-ethyl adjacent to an activating group) is 1. The lowest BCUT2D eigenvalue weighted by Gasteiger charge is -2.36. The van der Waals surface area contributed by atoms with Gasteiger partial charge in [0.1, 0.15) is 5.54 Å². The molecule has 1 N–H and O–H groups in total. The molecule has 0 spiro atoms. The molecule has 134 valence electrons. The van der Waals surface area contributed by atoms with Crippen molar-refractivity contribution in [1.82, 2.24) is 20.4 Å². The fourth-order valence-corrected chi connectivity index (χ4v) is 3.63. The number of nitrogens with zero attached hydrogens (tertiary/aromatic N) is 3. The Bertz CT molecular complexity index is 831. The molecule has 3 heterocycles. The van der Waals surface area contributed by atoms with Crippen molar-refractivity contribution in [2.45, 2.75) is 32.2 Å². The zero-order valence-corrected chi connectivity index (χ0v) is 14.9. The van der Waals surface area contributed by atoms with Crippen LogP contribution in [0, 0.1) is 13.8 Å². The molecule has 1 unspecified atom stereocenters. The third kappa shape index (κ3) is 2.66. The van der Waals surface area contributed by atoms with E-state index in [0.717, 1.165) is 6.42 Å². The van der Waals surface area contributed by atoms with E-state index < -0.39 is 5.54 Å². The number of pyridine rings is 1. The van der Waals surface area contributed by atoms with Gasteiger partial charge in [-0.2, -0.15) is 0 Å². The smallest absolute Gasteiger partial charge is 0.258 e. The summed E-state index contributed by atoms with van der Waals surface area (Å²) in [4.78, 5) is 31.9. The summed E-state index contributed by atoms with van der Waals surface area (Å²) in [6, 6.07) is 1.72. The Morgan fingerprint density at radius 1 is 1.44 bits per heavy atom. The quantitative estimate of drug-likeness (QED) is 0.893. The van der Waals surface area contributed by atoms with E-state index >= 15 is 0 Å². The van der Waals surface area contributed by atoms with Crippen LogP contribution in [0.3, 0.4) is 0 Å². The Kier molecular flexibility index (Phi) is 4.47. The Morgan fingerprint density at radius 3 is 2.88 bits per heavy atom. The van der Waals surface area contributed by atoms with Crippen molar-refractivity contribution in [1.29, 1.82) is 0 Å². The predicted molar refractivity (Wildman–Crippen MR) is 90.2 cm³/mol. The Labute approximate surface area is 145 Å². The van der Waals surface area contributed by atoms with Gasteiger partial charge in [0.25, 0.3) is 11.6 Å². The highest BCUT2D eigenvalue weighted by Gasteiger charge is 2.50. The normalized spacial score (nSPS) is 20.2. The summed E-state index contributed by atoms with van der Waals surface area (Å²) >= 11 is 0. The molecule has 0 radical (unpaired) electrons. The van der Waals surface area contributed by atoms with Gasteiger partial charge < -0.3 is 19.5 Å². The van der Waals surface area contributed by atoms with Crippen LogP contribution in [0.2, 0.25) is 0 Å². The second-order valence-corrected chi connectivity index (χ2v) is 6.36. The zero-order chi connectivity index (χ0) is 18.2. The lowest BCUT2D eigenvalue weighted by Crippen LogP contribution is -2.59. The molecule has 25 heavy (non-hydrogen) atoms. The minimum Gasteiger partial charge on any atom is -0.382 e. The highest BCUT2D eigenvalue weighted by Crippen LogP contribution is 2.33. The molecule has 1 aliphatic rings. The summed E-state index contributed by atoms with van der Waals surface area (Å²) in [6.45, 7) is 4.20. The van der Waals surface area contributed by atoms with E-state index in [-0.39, 0.29) is 18.4 Å². The van der Waals surface area contributed by atoms with E-state index in [2.05, 4.69) is 15.5 Å². The van der Waals surface area contributed by atoms with Crippen molar-refractivity contribution < 1.29 is 18.8 Å². The highest BCUT2D eigenvalue weighted by molar-refractivity contribution is 6.08. The van der Waals surface area contributed by atoms with Crippen molar-refractivity contribution in [2.75, 3.05) is 27.3 Å². The summed E-state index contributed by atoms with van der Waals surface area (Å²) in [5, 5.41) is 7.17. The second kappa shape index (κ2) is 6.44. The van der Waals surface area contributed by atoms with Gasteiger partial charge >= 0.3 is 0 Å². The number of rotatable bonds is 4. The Hall–Kier alpha value is -2.48. The predicted octanol–water partition coefficient (Wildman–Crippen LogP) is 1.21. The number of carbonyl (C=O) groups excluding carboxylic acids is 2. The first kappa shape index (κ1) is 17.3. The van der Waals surface area contributed by atoms with Crippen molar-refractivity contribution in [3.05, 3.63) is 23.0 Å². The molecule has 1 saturated heterocycles. The second-order valence-electron chi connectivity index (χ2n) is 6.36. The number of ether oxygens (including phenoxy) is 1. The van der Waals surface area contributed by atoms with Gasteiger partial charge in [-0.3, -0.25) is 9.59 Å². The molecule has 1 fully saturated rings. The fraction of sp³-hybridized carbons (Fsp3) is 0.529. The molecule has 0 aromatic carbocycles. The molecule has 2 aromatic heterocycles. The van der Waals surface area contributed by atoms with Crippen molar-refractivity contribution in [3.8, 4) is 0 Å². The van der Waals surface area contributed by atoms with Crippen molar-refractivity contribution >= 4 is 22.9 Å². The number of hydrogen-bond donors (Lipinski definition) is 1. The summed E-state index contributed by atoms with van der Waals surface area (Å²) in [6.07, 6.45) is 1.29. The van der Waals surface area contributed by atoms with Gasteiger partial charge in [-0.05, 0) is 32.8 Å². The highest BCUT2D eigenvalue weighted by atomic mass is 16.5. The van der Waals surface area contributed by atoms with Gasteiger partial charge in [-0.15, -0.1) is 0 Å². The third-order valence-electron chi connectivity index (χ3n) is 4.74. The number of nitrogens with one attached hydrogen (secondary N) is 1. The molecular weight excluding hydrogens is 324 g/mol. The standard InChI is InChI=1S/C17H22N4O4/c1-10-8-12(13-11(2)20-25-14(13)19-10)15(22)21-7-5-6-17(21,9-24-4)16(23)18-3/h8H,5-7,9H2,1-4H3,(H,18,23). The zero-order valence-electron chi connectivity index (χ0n) is 14.9. The van der Waals surface area contributed by atoms with Gasteiger partial charge in [0.05, 0.1) is 23.3 Å². The van der Waals surface area contributed by atoms with Gasteiger partial charge in [-0.25, -0.2) is 4.98 Å². The maximum atomic E-state index is 13.4. The topological polar surface area (TPSA) is 97.6 Å². The molecule has 2 aromatic rings. The van der Waals surface area contributed by atoms with E-state index in [1.165, 1.54) is 7.11 Å². The van der Waals surface area contributed by atoms with Gasteiger partial charge in [0, 0.05) is 26.4 Å². The lowest BCUT2D eigenvalue weighted by atomic mass is 9.94. The van der Waals surface area contributed by atoms with Crippen LogP contribution in [0.25, 0.3) is 11.1 Å². The number of methoxy groups -OCH3 is 1. The largest absolute Gasteiger partial charge is 0.382 e. The van der Waals surface area contributed by atoms with Crippen LogP contribution in [0.1, 0.15) is 34.6 Å². The molecule has 3 rings (SSSR count). The van der Waals surface area contributed by atoms with E-state index in [9.17, 15) is 9.59 Å². The first-order valence-electron chi connectivity index (χ1n) is 8.21. The van der Waals surface area contributed by atoms with Crippen LogP contribution in [0.15, 0.2) is 10.6 Å². The fourth-order valence-electron chi connectivity index (χ4n) is 3.63. The minimum atomic E-state index is -1.00. The number of carbonyl (C=O) groups is 2. The van der Waals surface area contributed by atoms with Crippen LogP contribution in [0.5, 0.6) is 0 Å². The van der Waals surface area contributed by atoms with E-state index in [1.54, 1.807) is 31.9 Å². The first-order chi connectivity index (χ1) is 11.9. The molecule has 0 aliphatic carbocycles. The molecule has 1 aliphatic heterocycles. The molecule has 0 saturated carbocycles. The average molecular weight is 346 g/mol. The van der Waals surface area contributed by atoms with E-state index in [4.69, 9.17) is 9.26 Å². The van der Waals surface area contributed by atoms with E-state index in [0.29, 0.717) is 41.0 Å². The number of amides is 2. The van der Waals surface area contributed by atoms with Crippen LogP contribution in [0.4, 0.5) is 0 Å². The molecule has 8 nitrogen and oxygen atoms in total. The summed E-state index contributed by atoms with van der Waals surface area (Å²) < 4.78 is 10.5. The molecule has 8 heteroatoms. The number of aryl methyl sites for hydroxylation is 2. The number of hydrogen-bond acceptors (Lipinski definition) is 6. The average Bonchev–Trinajstić information content (AvgIpc) is 3.18. The summed E-state index contributed by atoms with van der Waals surface area (Å²) in [5.41, 5.74) is 1.03. The van der Waals surface area contributed by atoms with Crippen molar-refractivity contribution in [2.24, 2.45) is 0 Å². The maximum Gasteiger partial charge on any atom is 0.258 e. The van der Waals surface area contributed by atoms with Crippen LogP contribution < -0.4 is 5.32 Å². The first-order valence-corrected chi connectivity index (χ1v) is 8.21. The number of likely N-dealkylation sites (tertiary alicyclic amines) is 1. The Morgan fingerprint density at radius 2 is 2.20 bits per heavy atom. The van der Waals surface area contributed by atoms with Gasteiger partial charge in [0.15, 0.2) is 0 Å². The summed E-state index contributed by atoms with van der Waals surface area (Å²) in [5.74, 6) is -0.454. The Balaban J connectivity index is 2.11. The van der Waals surface area contributed by atoms with Crippen LogP contribution in [-0.4, -0.2) is 59.7 Å². The minimum absolute atomic E-state index is 0.147. The van der Waals surface area contributed by atoms with Crippen LogP contribution >= 0.6 is 0 Å². The molecule has 0 bridgehead atoms. The van der Waals surface area contributed by atoms with Crippen LogP contribution in [-0.2, 0) is 9.53 Å². The lowest BCUT2D eigenvalue weighted by molar-refractivity contribution is -0.133. The summed E-state index contributed by atoms with van der Waals surface area (Å²) in [7, 11) is 3.10. The van der Waals surface area contributed by atoms with Gasteiger partial charge in [-0.1, -0.05) is 5.16 Å². The number of aromatic nitrogens is 2. The van der Waals surface area contributed by atoms with Crippen molar-refractivity contribution in [3.63, 3.8) is 0 Å². The number of fused-ring (bicyclic) bond motifs is 1. The third-order valence-corrected chi connectivity index (χ3v) is 4.74. The maximum absolute atomic E-state index is 13.4. The SMILES string of the molecule is CNC(=O)C1(COC)CCCN1C(=O)c1cc(C)nc2onc(C)c12. The monoisotopic (exact) mass is 346 g/mol. The molecular formula is C17H22N4O4. The molecule has 2 amide bonds.